The van der Waals surface area contributed by atoms with Gasteiger partial charge in [-0.3, -0.25) is 4.79 Å². The van der Waals surface area contributed by atoms with Crippen molar-refractivity contribution < 1.29 is 14.3 Å². The standard InChI is InChI=1S/C11H10FNO2/c12-9-4-5-10(11(13)15)8(7-9)3-1-2-6-14/h4-5,7,14H,2,6H2,(H2,13,15). The van der Waals surface area contributed by atoms with Gasteiger partial charge in [-0.15, -0.1) is 0 Å². The topological polar surface area (TPSA) is 63.3 Å². The highest BCUT2D eigenvalue weighted by molar-refractivity contribution is 5.95. The van der Waals surface area contributed by atoms with Crippen LogP contribution < -0.4 is 5.73 Å². The van der Waals surface area contributed by atoms with E-state index in [0.717, 1.165) is 12.1 Å². The Morgan fingerprint density at radius 2 is 2.27 bits per heavy atom. The van der Waals surface area contributed by atoms with Crippen LogP contribution in [0.25, 0.3) is 0 Å². The molecular formula is C11H10FNO2. The number of aliphatic hydroxyl groups is 1. The molecule has 78 valence electrons. The molecule has 0 unspecified atom stereocenters. The normalized spacial score (nSPS) is 9.20. The number of carbonyl (C=O) groups is 1. The Balaban J connectivity index is 3.09. The van der Waals surface area contributed by atoms with Gasteiger partial charge >= 0.3 is 0 Å². The molecule has 1 rings (SSSR count). The first kappa shape index (κ1) is 11.2. The van der Waals surface area contributed by atoms with Crippen LogP contribution in [0.3, 0.4) is 0 Å². The molecule has 15 heavy (non-hydrogen) atoms. The van der Waals surface area contributed by atoms with Crippen LogP contribution in [0.15, 0.2) is 18.2 Å². The lowest BCUT2D eigenvalue weighted by Gasteiger charge is -1.99. The van der Waals surface area contributed by atoms with Gasteiger partial charge in [0.25, 0.3) is 0 Å². The summed E-state index contributed by atoms with van der Waals surface area (Å²) in [5, 5.41) is 8.51. The van der Waals surface area contributed by atoms with Gasteiger partial charge in [0.1, 0.15) is 5.82 Å². The van der Waals surface area contributed by atoms with E-state index in [-0.39, 0.29) is 24.2 Å². The third-order valence-electron chi connectivity index (χ3n) is 1.71. The molecular weight excluding hydrogens is 197 g/mol. The van der Waals surface area contributed by atoms with Gasteiger partial charge in [-0.05, 0) is 18.2 Å². The largest absolute Gasteiger partial charge is 0.395 e. The molecule has 0 saturated heterocycles. The number of nitrogens with two attached hydrogens (primary N) is 1. The zero-order valence-electron chi connectivity index (χ0n) is 7.96. The molecule has 0 saturated carbocycles. The Morgan fingerprint density at radius 1 is 1.53 bits per heavy atom. The van der Waals surface area contributed by atoms with E-state index >= 15 is 0 Å². The molecule has 0 aliphatic rings. The van der Waals surface area contributed by atoms with Crippen LogP contribution >= 0.6 is 0 Å². The Bertz CT molecular complexity index is 432. The number of aliphatic hydroxyl groups excluding tert-OH is 1. The minimum atomic E-state index is -0.650. The monoisotopic (exact) mass is 207 g/mol. The number of hydrogen-bond donors (Lipinski definition) is 2. The van der Waals surface area contributed by atoms with Crippen molar-refractivity contribution in [3.8, 4) is 11.8 Å². The van der Waals surface area contributed by atoms with Gasteiger partial charge < -0.3 is 10.8 Å². The van der Waals surface area contributed by atoms with Crippen LogP contribution in [-0.4, -0.2) is 17.6 Å². The molecule has 0 radical (unpaired) electrons. The Kier molecular flexibility index (Phi) is 3.83. The van der Waals surface area contributed by atoms with Crippen LogP contribution in [0.4, 0.5) is 4.39 Å². The summed E-state index contributed by atoms with van der Waals surface area (Å²) in [6.07, 6.45) is 0.273. The Morgan fingerprint density at radius 3 is 2.87 bits per heavy atom. The molecule has 0 aromatic heterocycles. The molecule has 3 nitrogen and oxygen atoms in total. The summed E-state index contributed by atoms with van der Waals surface area (Å²) in [6.45, 7) is -0.0752. The smallest absolute Gasteiger partial charge is 0.249 e. The van der Waals surface area contributed by atoms with E-state index in [1.807, 2.05) is 0 Å². The molecule has 0 aliphatic heterocycles. The molecule has 1 aromatic rings. The van der Waals surface area contributed by atoms with Gasteiger partial charge in [0.15, 0.2) is 0 Å². The van der Waals surface area contributed by atoms with Gasteiger partial charge in [-0.25, -0.2) is 4.39 Å². The minimum absolute atomic E-state index is 0.0752. The van der Waals surface area contributed by atoms with Crippen LogP contribution in [0.1, 0.15) is 22.3 Å². The van der Waals surface area contributed by atoms with Gasteiger partial charge in [-0.2, -0.15) is 0 Å². The number of amides is 1. The quantitative estimate of drug-likeness (QED) is 0.700. The molecule has 4 heteroatoms. The van der Waals surface area contributed by atoms with E-state index in [9.17, 15) is 9.18 Å². The molecule has 0 bridgehead atoms. The molecule has 3 N–H and O–H groups in total. The number of halogens is 1. The molecule has 0 atom stereocenters. The van der Waals surface area contributed by atoms with Gasteiger partial charge in [-0.1, -0.05) is 11.8 Å². The SMILES string of the molecule is NC(=O)c1ccc(F)cc1C#CCCO. The maximum Gasteiger partial charge on any atom is 0.249 e. The average molecular weight is 207 g/mol. The van der Waals surface area contributed by atoms with Crippen LogP contribution in [0.2, 0.25) is 0 Å². The van der Waals surface area contributed by atoms with Crippen molar-refractivity contribution in [1.82, 2.24) is 0 Å². The highest BCUT2D eigenvalue weighted by Crippen LogP contribution is 2.09. The van der Waals surface area contributed by atoms with Crippen LogP contribution in [0, 0.1) is 17.7 Å². The predicted molar refractivity (Wildman–Crippen MR) is 53.5 cm³/mol. The second-order valence-corrected chi connectivity index (χ2v) is 2.83. The Hall–Kier alpha value is -1.86. The van der Waals surface area contributed by atoms with Crippen molar-refractivity contribution >= 4 is 5.91 Å². The number of benzene rings is 1. The van der Waals surface area contributed by atoms with Gasteiger partial charge in [0.05, 0.1) is 12.2 Å². The Labute approximate surface area is 86.7 Å². The van der Waals surface area contributed by atoms with E-state index in [1.165, 1.54) is 6.07 Å². The van der Waals surface area contributed by atoms with Crippen LogP contribution in [-0.2, 0) is 0 Å². The summed E-state index contributed by atoms with van der Waals surface area (Å²) in [5.74, 6) is 4.06. The van der Waals surface area contributed by atoms with E-state index < -0.39 is 11.7 Å². The summed E-state index contributed by atoms with van der Waals surface area (Å²) in [7, 11) is 0. The molecule has 0 aliphatic carbocycles. The molecule has 0 spiro atoms. The van der Waals surface area contributed by atoms with E-state index in [0.29, 0.717) is 0 Å². The van der Waals surface area contributed by atoms with E-state index in [1.54, 1.807) is 0 Å². The number of primary amides is 1. The highest BCUT2D eigenvalue weighted by atomic mass is 19.1. The fraction of sp³-hybridized carbons (Fsp3) is 0.182. The summed E-state index contributed by atoms with van der Waals surface area (Å²) >= 11 is 0. The lowest BCUT2D eigenvalue weighted by molar-refractivity contribution is 0.1000. The second-order valence-electron chi connectivity index (χ2n) is 2.83. The van der Waals surface area contributed by atoms with Crippen LogP contribution in [0.5, 0.6) is 0 Å². The van der Waals surface area contributed by atoms with Crippen molar-refractivity contribution in [2.24, 2.45) is 5.73 Å². The summed E-state index contributed by atoms with van der Waals surface area (Å²) in [6, 6.07) is 3.59. The predicted octanol–water partition coefficient (Wildman–Crippen LogP) is 0.659. The molecule has 0 heterocycles. The van der Waals surface area contributed by atoms with Crippen molar-refractivity contribution in [2.75, 3.05) is 6.61 Å². The number of hydrogen-bond acceptors (Lipinski definition) is 2. The third kappa shape index (κ3) is 3.08. The lowest BCUT2D eigenvalue weighted by Crippen LogP contribution is -2.12. The van der Waals surface area contributed by atoms with Gasteiger partial charge in [0, 0.05) is 12.0 Å². The van der Waals surface area contributed by atoms with Gasteiger partial charge in [0.2, 0.25) is 5.91 Å². The summed E-state index contributed by atoms with van der Waals surface area (Å²) in [4.78, 5) is 10.9. The van der Waals surface area contributed by atoms with Crippen molar-refractivity contribution in [3.05, 3.63) is 35.1 Å². The molecule has 1 amide bonds. The zero-order chi connectivity index (χ0) is 11.3. The average Bonchev–Trinajstić information content (AvgIpc) is 2.18. The first-order chi connectivity index (χ1) is 7.15. The second kappa shape index (κ2) is 5.13. The van der Waals surface area contributed by atoms with E-state index in [4.69, 9.17) is 10.8 Å². The summed E-state index contributed by atoms with van der Waals surface area (Å²) in [5.41, 5.74) is 5.52. The first-order valence-electron chi connectivity index (χ1n) is 4.34. The third-order valence-corrected chi connectivity index (χ3v) is 1.71. The number of rotatable bonds is 2. The van der Waals surface area contributed by atoms with Crippen molar-refractivity contribution in [3.63, 3.8) is 0 Å². The minimum Gasteiger partial charge on any atom is -0.395 e. The highest BCUT2D eigenvalue weighted by Gasteiger charge is 2.06. The zero-order valence-corrected chi connectivity index (χ0v) is 7.96. The number of carbonyl (C=O) groups excluding carboxylic acids is 1. The van der Waals surface area contributed by atoms with E-state index in [2.05, 4.69) is 11.8 Å². The fourth-order valence-electron chi connectivity index (χ4n) is 1.05. The van der Waals surface area contributed by atoms with Crippen molar-refractivity contribution in [2.45, 2.75) is 6.42 Å². The molecule has 1 aromatic carbocycles. The molecule has 0 fully saturated rings. The summed E-state index contributed by atoms with van der Waals surface area (Å²) < 4.78 is 12.9. The maximum atomic E-state index is 12.9. The first-order valence-corrected chi connectivity index (χ1v) is 4.34. The lowest BCUT2D eigenvalue weighted by atomic mass is 10.1. The van der Waals surface area contributed by atoms with Crippen molar-refractivity contribution in [1.29, 1.82) is 0 Å². The fourth-order valence-corrected chi connectivity index (χ4v) is 1.05. The maximum absolute atomic E-state index is 12.9.